The molecule has 0 amide bonds. The second-order valence-electron chi connectivity index (χ2n) is 7.73. The van der Waals surface area contributed by atoms with Crippen molar-refractivity contribution in [3.63, 3.8) is 0 Å². The van der Waals surface area contributed by atoms with Crippen LogP contribution in [0.5, 0.6) is 5.75 Å². The Morgan fingerprint density at radius 2 is 1.73 bits per heavy atom. The van der Waals surface area contributed by atoms with Crippen LogP contribution in [-0.4, -0.2) is 30.5 Å². The van der Waals surface area contributed by atoms with Gasteiger partial charge in [-0.1, -0.05) is 35.9 Å². The van der Waals surface area contributed by atoms with Crippen molar-refractivity contribution in [1.82, 2.24) is 0 Å². The molecule has 0 fully saturated rings. The lowest BCUT2D eigenvalue weighted by atomic mass is 9.90. The van der Waals surface area contributed by atoms with E-state index in [2.05, 4.69) is 0 Å². The molecule has 1 atom stereocenters. The summed E-state index contributed by atoms with van der Waals surface area (Å²) in [6.45, 7) is 1.04. The Morgan fingerprint density at radius 1 is 1.00 bits per heavy atom. The molecule has 0 bridgehead atoms. The minimum atomic E-state index is -4.56. The van der Waals surface area contributed by atoms with Crippen LogP contribution in [0.15, 0.2) is 42.5 Å². The molecule has 7 heteroatoms. The zero-order chi connectivity index (χ0) is 22.2. The lowest BCUT2D eigenvalue weighted by Crippen LogP contribution is -2.44. The normalized spacial score (nSPS) is 13.8. The predicted molar refractivity (Wildman–Crippen MR) is 109 cm³/mol. The fourth-order valence-electron chi connectivity index (χ4n) is 3.27. The molecular formula is C23H29F4NO2. The number of aliphatic hydroxyl groups excluding tert-OH is 1. The molecule has 0 saturated carbocycles. The van der Waals surface area contributed by atoms with Crippen LogP contribution in [0.1, 0.15) is 41.5 Å². The summed E-state index contributed by atoms with van der Waals surface area (Å²) in [6.07, 6.45) is -2.90. The molecule has 1 unspecified atom stereocenters. The van der Waals surface area contributed by atoms with E-state index >= 15 is 0 Å². The summed E-state index contributed by atoms with van der Waals surface area (Å²) in [4.78, 5) is 0. The Balaban J connectivity index is 2.01. The average molecular weight is 427 g/mol. The monoisotopic (exact) mass is 427 g/mol. The molecule has 0 radical (unpaired) electrons. The number of benzene rings is 2. The highest BCUT2D eigenvalue weighted by atomic mass is 19.4. The SMILES string of the molecule is Cc1cccc(CCCOc2ccc(CCC(N)(CO)CCF)cc2C(F)(F)F)c1. The quantitative estimate of drug-likeness (QED) is 0.392. The van der Waals surface area contributed by atoms with Crippen LogP contribution in [0.3, 0.4) is 0 Å². The van der Waals surface area contributed by atoms with E-state index in [1.54, 1.807) is 6.07 Å². The van der Waals surface area contributed by atoms with Gasteiger partial charge < -0.3 is 15.6 Å². The van der Waals surface area contributed by atoms with E-state index in [0.29, 0.717) is 12.0 Å². The van der Waals surface area contributed by atoms with Gasteiger partial charge in [0.1, 0.15) is 5.75 Å². The highest BCUT2D eigenvalue weighted by Crippen LogP contribution is 2.37. The summed E-state index contributed by atoms with van der Waals surface area (Å²) in [5.74, 6) is -0.208. The number of rotatable bonds is 11. The van der Waals surface area contributed by atoms with Gasteiger partial charge >= 0.3 is 6.18 Å². The van der Waals surface area contributed by atoms with Crippen LogP contribution < -0.4 is 10.5 Å². The molecule has 166 valence electrons. The molecule has 0 aliphatic carbocycles. The first kappa shape index (κ1) is 24.2. The number of hydrogen-bond acceptors (Lipinski definition) is 3. The Bertz CT molecular complexity index is 810. The second kappa shape index (κ2) is 10.8. The lowest BCUT2D eigenvalue weighted by molar-refractivity contribution is -0.139. The smallest absolute Gasteiger partial charge is 0.419 e. The van der Waals surface area contributed by atoms with Crippen molar-refractivity contribution in [2.45, 2.75) is 50.7 Å². The number of ether oxygens (including phenoxy) is 1. The molecule has 2 aromatic carbocycles. The third-order valence-corrected chi connectivity index (χ3v) is 5.12. The Hall–Kier alpha value is -2.12. The van der Waals surface area contributed by atoms with Crippen LogP contribution in [0.25, 0.3) is 0 Å². The minimum absolute atomic E-state index is 0.0439. The summed E-state index contributed by atoms with van der Waals surface area (Å²) in [7, 11) is 0. The lowest BCUT2D eigenvalue weighted by Gasteiger charge is -2.26. The van der Waals surface area contributed by atoms with E-state index in [1.165, 1.54) is 6.07 Å². The molecular weight excluding hydrogens is 398 g/mol. The Labute approximate surface area is 174 Å². The highest BCUT2D eigenvalue weighted by molar-refractivity contribution is 5.39. The van der Waals surface area contributed by atoms with Crippen molar-refractivity contribution in [3.8, 4) is 5.75 Å². The molecule has 3 N–H and O–H groups in total. The molecule has 30 heavy (non-hydrogen) atoms. The van der Waals surface area contributed by atoms with Crippen LogP contribution in [0.4, 0.5) is 17.6 Å². The average Bonchev–Trinajstić information content (AvgIpc) is 2.70. The van der Waals surface area contributed by atoms with Crippen molar-refractivity contribution < 1.29 is 27.4 Å². The first-order chi connectivity index (χ1) is 14.2. The van der Waals surface area contributed by atoms with E-state index in [9.17, 15) is 22.7 Å². The first-order valence-corrected chi connectivity index (χ1v) is 10.0. The van der Waals surface area contributed by atoms with E-state index < -0.39 is 30.6 Å². The van der Waals surface area contributed by atoms with Gasteiger partial charge in [-0.15, -0.1) is 0 Å². The molecule has 0 saturated heterocycles. The maximum atomic E-state index is 13.5. The first-order valence-electron chi connectivity index (χ1n) is 10.0. The topological polar surface area (TPSA) is 55.5 Å². The fraction of sp³-hybridized carbons (Fsp3) is 0.478. The van der Waals surface area contributed by atoms with Crippen LogP contribution in [0, 0.1) is 6.92 Å². The largest absolute Gasteiger partial charge is 0.493 e. The highest BCUT2D eigenvalue weighted by Gasteiger charge is 2.35. The minimum Gasteiger partial charge on any atom is -0.493 e. The van der Waals surface area contributed by atoms with Gasteiger partial charge in [0.15, 0.2) is 0 Å². The maximum absolute atomic E-state index is 13.5. The van der Waals surface area contributed by atoms with E-state index in [4.69, 9.17) is 10.5 Å². The van der Waals surface area contributed by atoms with Gasteiger partial charge in [-0.25, -0.2) is 0 Å². The molecule has 0 aliphatic heterocycles. The number of alkyl halides is 4. The number of aryl methyl sites for hydroxylation is 3. The summed E-state index contributed by atoms with van der Waals surface area (Å²) in [6, 6.07) is 11.9. The van der Waals surface area contributed by atoms with Gasteiger partial charge in [0.2, 0.25) is 0 Å². The van der Waals surface area contributed by atoms with E-state index in [-0.39, 0.29) is 31.6 Å². The summed E-state index contributed by atoms with van der Waals surface area (Å²) in [5, 5.41) is 9.35. The van der Waals surface area contributed by atoms with Crippen molar-refractivity contribution in [2.24, 2.45) is 5.73 Å². The van der Waals surface area contributed by atoms with Gasteiger partial charge in [-0.2, -0.15) is 13.2 Å². The van der Waals surface area contributed by atoms with Crippen LogP contribution >= 0.6 is 0 Å². The van der Waals surface area contributed by atoms with E-state index in [1.807, 2.05) is 31.2 Å². The van der Waals surface area contributed by atoms with Crippen molar-refractivity contribution in [3.05, 3.63) is 64.7 Å². The van der Waals surface area contributed by atoms with Gasteiger partial charge in [0.25, 0.3) is 0 Å². The zero-order valence-corrected chi connectivity index (χ0v) is 17.1. The van der Waals surface area contributed by atoms with Gasteiger partial charge in [0, 0.05) is 5.54 Å². The third kappa shape index (κ3) is 7.29. The van der Waals surface area contributed by atoms with Crippen molar-refractivity contribution in [2.75, 3.05) is 19.9 Å². The van der Waals surface area contributed by atoms with Gasteiger partial charge in [-0.3, -0.25) is 4.39 Å². The summed E-state index contributed by atoms with van der Waals surface area (Å²) < 4.78 is 58.6. The van der Waals surface area contributed by atoms with Gasteiger partial charge in [-0.05, 0) is 62.3 Å². The molecule has 2 rings (SSSR count). The van der Waals surface area contributed by atoms with Gasteiger partial charge in [0.05, 0.1) is 25.5 Å². The third-order valence-electron chi connectivity index (χ3n) is 5.12. The van der Waals surface area contributed by atoms with Crippen LogP contribution in [0.2, 0.25) is 0 Å². The molecule has 0 aliphatic rings. The van der Waals surface area contributed by atoms with Crippen molar-refractivity contribution >= 4 is 0 Å². The standard InChI is InChI=1S/C23H29F4NO2/c1-17-4-2-5-18(14-17)6-3-13-30-21-8-7-19(15-20(21)23(25,26)27)9-10-22(28,16-29)11-12-24/h2,4-5,7-8,14-15,29H,3,6,9-13,16,28H2,1H3. The molecule has 0 spiro atoms. The van der Waals surface area contributed by atoms with E-state index in [0.717, 1.165) is 23.6 Å². The fourth-order valence-corrected chi connectivity index (χ4v) is 3.27. The van der Waals surface area contributed by atoms with Crippen molar-refractivity contribution in [1.29, 1.82) is 0 Å². The number of aliphatic hydroxyl groups is 1. The number of hydrogen-bond donors (Lipinski definition) is 2. The van der Waals surface area contributed by atoms with Crippen LogP contribution in [-0.2, 0) is 19.0 Å². The molecule has 3 nitrogen and oxygen atoms in total. The number of nitrogens with two attached hydrogens (primary N) is 1. The zero-order valence-electron chi connectivity index (χ0n) is 17.1. The Morgan fingerprint density at radius 3 is 2.37 bits per heavy atom. The second-order valence-corrected chi connectivity index (χ2v) is 7.73. The summed E-state index contributed by atoms with van der Waals surface area (Å²) >= 11 is 0. The molecule has 0 heterocycles. The Kier molecular flexibility index (Phi) is 8.67. The summed E-state index contributed by atoms with van der Waals surface area (Å²) in [5.41, 5.74) is 6.60. The molecule has 2 aromatic rings. The number of halogens is 4. The molecule has 0 aromatic heterocycles. The predicted octanol–water partition coefficient (Wildman–Crippen LogP) is 5.01. The maximum Gasteiger partial charge on any atom is 0.419 e.